The third-order valence-corrected chi connectivity index (χ3v) is 7.49. The number of amides is 1. The van der Waals surface area contributed by atoms with Gasteiger partial charge in [-0.05, 0) is 64.2 Å². The van der Waals surface area contributed by atoms with E-state index >= 15 is 0 Å². The second-order valence-electron chi connectivity index (χ2n) is 8.51. The molecular formula is C23H39N3O3S. The molecule has 1 heterocycles. The molecule has 0 bridgehead atoms. The predicted molar refractivity (Wildman–Crippen MR) is 125 cm³/mol. The molecule has 0 aliphatic carbocycles. The Morgan fingerprint density at radius 1 is 1.20 bits per heavy atom. The first kappa shape index (κ1) is 24.7. The van der Waals surface area contributed by atoms with Crippen molar-refractivity contribution < 1.29 is 13.2 Å². The first-order valence-electron chi connectivity index (χ1n) is 11.5. The average Bonchev–Trinajstić information content (AvgIpc) is 2.71. The minimum atomic E-state index is -3.70. The van der Waals surface area contributed by atoms with Gasteiger partial charge in [-0.25, -0.2) is 13.1 Å². The van der Waals surface area contributed by atoms with Crippen molar-refractivity contribution in [2.45, 2.75) is 102 Å². The van der Waals surface area contributed by atoms with E-state index in [1.807, 2.05) is 26.0 Å². The van der Waals surface area contributed by atoms with Crippen LogP contribution in [0.3, 0.4) is 0 Å². The molecule has 1 saturated heterocycles. The van der Waals surface area contributed by atoms with Crippen molar-refractivity contribution in [2.24, 2.45) is 0 Å². The van der Waals surface area contributed by atoms with Crippen molar-refractivity contribution in [3.8, 4) is 0 Å². The van der Waals surface area contributed by atoms with Crippen molar-refractivity contribution in [3.05, 3.63) is 18.2 Å². The number of rotatable bonds is 11. The van der Waals surface area contributed by atoms with Gasteiger partial charge >= 0.3 is 0 Å². The van der Waals surface area contributed by atoms with Crippen molar-refractivity contribution in [2.75, 3.05) is 16.8 Å². The molecule has 0 saturated carbocycles. The number of sulfonamides is 1. The van der Waals surface area contributed by atoms with Crippen molar-refractivity contribution >= 4 is 27.3 Å². The number of unbranched alkanes of at least 4 members (excludes halogenated alkanes) is 3. The molecule has 0 radical (unpaired) electrons. The summed E-state index contributed by atoms with van der Waals surface area (Å²) < 4.78 is 29.2. The molecule has 0 spiro atoms. The van der Waals surface area contributed by atoms with Gasteiger partial charge in [0.05, 0.1) is 5.69 Å². The Bertz CT molecular complexity index is 795. The minimum absolute atomic E-state index is 0.0663. The van der Waals surface area contributed by atoms with Crippen LogP contribution in [0.4, 0.5) is 11.4 Å². The zero-order valence-electron chi connectivity index (χ0n) is 19.0. The van der Waals surface area contributed by atoms with E-state index in [9.17, 15) is 13.2 Å². The van der Waals surface area contributed by atoms with Crippen molar-refractivity contribution in [3.63, 3.8) is 0 Å². The molecule has 2 rings (SSSR count). The number of benzene rings is 1. The predicted octanol–water partition coefficient (Wildman–Crippen LogP) is 5.05. The summed E-state index contributed by atoms with van der Waals surface area (Å²) in [4.78, 5) is 14.7. The van der Waals surface area contributed by atoms with E-state index in [0.717, 1.165) is 57.2 Å². The van der Waals surface area contributed by atoms with Crippen LogP contribution in [-0.2, 0) is 14.8 Å². The number of piperidine rings is 1. The molecule has 6 nitrogen and oxygen atoms in total. The Hall–Kier alpha value is -1.60. The Kier molecular flexibility index (Phi) is 9.62. The third kappa shape index (κ3) is 6.98. The Labute approximate surface area is 182 Å². The summed E-state index contributed by atoms with van der Waals surface area (Å²) in [6.07, 6.45) is 8.57. The van der Waals surface area contributed by atoms with Crippen LogP contribution in [0.5, 0.6) is 0 Å². The lowest BCUT2D eigenvalue weighted by Crippen LogP contribution is -2.39. The zero-order valence-corrected chi connectivity index (χ0v) is 19.9. The second-order valence-corrected chi connectivity index (χ2v) is 10.2. The van der Waals surface area contributed by atoms with E-state index in [1.54, 1.807) is 6.07 Å². The maximum Gasteiger partial charge on any atom is 0.242 e. The van der Waals surface area contributed by atoms with E-state index < -0.39 is 10.0 Å². The largest absolute Gasteiger partial charge is 0.368 e. The van der Waals surface area contributed by atoms with Gasteiger partial charge in [-0.1, -0.05) is 33.1 Å². The number of carbonyl (C=O) groups excluding carboxylic acids is 1. The summed E-state index contributed by atoms with van der Waals surface area (Å²) in [5.74, 6) is -0.0663. The maximum atomic E-state index is 13.2. The van der Waals surface area contributed by atoms with Gasteiger partial charge in [0.15, 0.2) is 0 Å². The molecule has 2 atom stereocenters. The normalized spacial score (nSPS) is 18.3. The summed E-state index contributed by atoms with van der Waals surface area (Å²) in [5.41, 5.74) is 1.26. The quantitative estimate of drug-likeness (QED) is 0.475. The van der Waals surface area contributed by atoms with E-state index in [4.69, 9.17) is 0 Å². The number of nitrogens with zero attached hydrogens (tertiary/aromatic N) is 1. The van der Waals surface area contributed by atoms with Crippen LogP contribution < -0.4 is 14.9 Å². The molecule has 1 aromatic rings. The lowest BCUT2D eigenvalue weighted by molar-refractivity contribution is -0.116. The molecule has 0 unspecified atom stereocenters. The summed E-state index contributed by atoms with van der Waals surface area (Å²) >= 11 is 0. The number of anilines is 2. The van der Waals surface area contributed by atoms with Crippen LogP contribution in [0.25, 0.3) is 0 Å². The molecule has 7 heteroatoms. The van der Waals surface area contributed by atoms with Crippen LogP contribution in [0, 0.1) is 0 Å². The van der Waals surface area contributed by atoms with Gasteiger partial charge in [-0.3, -0.25) is 4.79 Å². The molecule has 30 heavy (non-hydrogen) atoms. The number of nitrogens with one attached hydrogen (secondary N) is 2. The number of hydrogen-bond acceptors (Lipinski definition) is 4. The molecule has 2 N–H and O–H groups in total. The van der Waals surface area contributed by atoms with Gasteiger partial charge in [-0.2, -0.15) is 0 Å². The molecule has 1 aliphatic rings. The Morgan fingerprint density at radius 3 is 2.63 bits per heavy atom. The van der Waals surface area contributed by atoms with E-state index in [0.29, 0.717) is 18.5 Å². The standard InChI is InChI=1S/C23H39N3O3S/c1-5-7-8-9-13-23(27)24-20-14-15-21(26-16-11-10-12-19(26)4)22(17-20)30(28,29)25-18(3)6-2/h14-15,17-19,25H,5-13,16H2,1-4H3,(H,24,27)/t18-,19-/m0/s1. The SMILES string of the molecule is CCCCCCC(=O)Nc1ccc(N2CCCC[C@@H]2C)c(S(=O)(=O)N[C@@H](C)CC)c1. The number of hydrogen-bond donors (Lipinski definition) is 2. The highest BCUT2D eigenvalue weighted by Crippen LogP contribution is 2.33. The third-order valence-electron chi connectivity index (χ3n) is 5.87. The molecule has 170 valence electrons. The highest BCUT2D eigenvalue weighted by atomic mass is 32.2. The van der Waals surface area contributed by atoms with Gasteiger partial charge in [0, 0.05) is 30.7 Å². The fourth-order valence-electron chi connectivity index (χ4n) is 3.85. The van der Waals surface area contributed by atoms with Crippen molar-refractivity contribution in [1.29, 1.82) is 0 Å². The lowest BCUT2D eigenvalue weighted by atomic mass is 10.0. The van der Waals surface area contributed by atoms with Gasteiger partial charge in [0.2, 0.25) is 15.9 Å². The van der Waals surface area contributed by atoms with Crippen LogP contribution >= 0.6 is 0 Å². The van der Waals surface area contributed by atoms with E-state index in [2.05, 4.69) is 28.8 Å². The summed E-state index contributed by atoms with van der Waals surface area (Å²) in [5, 5.41) is 2.89. The van der Waals surface area contributed by atoms with Crippen LogP contribution in [0.1, 0.15) is 85.5 Å². The zero-order chi connectivity index (χ0) is 22.1. The van der Waals surface area contributed by atoms with Crippen molar-refractivity contribution in [1.82, 2.24) is 4.72 Å². The van der Waals surface area contributed by atoms with E-state index in [-0.39, 0.29) is 22.9 Å². The minimum Gasteiger partial charge on any atom is -0.368 e. The molecule has 0 aromatic heterocycles. The van der Waals surface area contributed by atoms with Gasteiger partial charge < -0.3 is 10.2 Å². The summed E-state index contributed by atoms with van der Waals surface area (Å²) in [6, 6.07) is 5.42. The molecule has 1 fully saturated rings. The smallest absolute Gasteiger partial charge is 0.242 e. The molecular weight excluding hydrogens is 398 g/mol. The molecule has 1 aromatic carbocycles. The lowest BCUT2D eigenvalue weighted by Gasteiger charge is -2.36. The topological polar surface area (TPSA) is 78.5 Å². The van der Waals surface area contributed by atoms with Crippen LogP contribution in [0.2, 0.25) is 0 Å². The first-order valence-corrected chi connectivity index (χ1v) is 13.0. The maximum absolute atomic E-state index is 13.2. The monoisotopic (exact) mass is 437 g/mol. The summed E-state index contributed by atoms with van der Waals surface area (Å²) in [7, 11) is -3.70. The fourth-order valence-corrected chi connectivity index (χ4v) is 5.41. The Balaban J connectivity index is 2.29. The Morgan fingerprint density at radius 2 is 1.97 bits per heavy atom. The second kappa shape index (κ2) is 11.7. The molecule has 1 amide bonds. The number of carbonyl (C=O) groups is 1. The fraction of sp³-hybridized carbons (Fsp3) is 0.696. The first-order chi connectivity index (χ1) is 14.3. The highest BCUT2D eigenvalue weighted by Gasteiger charge is 2.27. The highest BCUT2D eigenvalue weighted by molar-refractivity contribution is 7.89. The van der Waals surface area contributed by atoms with Gasteiger partial charge in [0.25, 0.3) is 0 Å². The summed E-state index contributed by atoms with van der Waals surface area (Å²) in [6.45, 7) is 8.94. The van der Waals surface area contributed by atoms with Crippen LogP contribution in [0.15, 0.2) is 23.1 Å². The van der Waals surface area contributed by atoms with Gasteiger partial charge in [0.1, 0.15) is 4.90 Å². The van der Waals surface area contributed by atoms with E-state index in [1.165, 1.54) is 0 Å². The van der Waals surface area contributed by atoms with Crippen LogP contribution in [-0.4, -0.2) is 33.0 Å². The molecule has 1 aliphatic heterocycles. The van der Waals surface area contributed by atoms with Gasteiger partial charge in [-0.15, -0.1) is 0 Å². The average molecular weight is 438 g/mol.